The van der Waals surface area contributed by atoms with Crippen molar-refractivity contribution in [2.45, 2.75) is 0 Å². The van der Waals surface area contributed by atoms with Crippen LogP contribution >= 0.6 is 24.0 Å². The Bertz CT molecular complexity index is 1120. The van der Waals surface area contributed by atoms with Gasteiger partial charge >= 0.3 is 5.69 Å². The van der Waals surface area contributed by atoms with Gasteiger partial charge in [-0.05, 0) is 29.8 Å². The molecule has 1 heterocycles. The van der Waals surface area contributed by atoms with Gasteiger partial charge < -0.3 is 4.74 Å². The molecular weight excluding hydrogens is 430 g/mol. The first-order chi connectivity index (χ1) is 14.3. The molecule has 9 nitrogen and oxygen atoms in total. The van der Waals surface area contributed by atoms with Crippen molar-refractivity contribution in [3.63, 3.8) is 0 Å². The van der Waals surface area contributed by atoms with Gasteiger partial charge in [-0.25, -0.2) is 0 Å². The molecule has 2 aromatic carbocycles. The molecule has 11 heteroatoms. The van der Waals surface area contributed by atoms with Gasteiger partial charge in [0.2, 0.25) is 5.75 Å². The van der Waals surface area contributed by atoms with Gasteiger partial charge in [0.1, 0.15) is 10.1 Å². The molecule has 1 fully saturated rings. The summed E-state index contributed by atoms with van der Waals surface area (Å²) in [6.45, 7) is 3.92. The zero-order valence-electron chi connectivity index (χ0n) is 15.2. The molecule has 0 spiro atoms. The van der Waals surface area contributed by atoms with Crippen LogP contribution in [0.4, 0.5) is 11.4 Å². The van der Waals surface area contributed by atoms with Crippen LogP contribution in [0.1, 0.15) is 5.56 Å². The van der Waals surface area contributed by atoms with Gasteiger partial charge in [-0.1, -0.05) is 42.2 Å². The van der Waals surface area contributed by atoms with Gasteiger partial charge in [-0.15, -0.1) is 6.58 Å². The molecule has 0 N–H and O–H groups in total. The molecule has 152 valence electrons. The van der Waals surface area contributed by atoms with Crippen molar-refractivity contribution in [2.75, 3.05) is 6.54 Å². The van der Waals surface area contributed by atoms with Crippen LogP contribution in [0.25, 0.3) is 6.08 Å². The van der Waals surface area contributed by atoms with Crippen molar-refractivity contribution in [1.82, 2.24) is 4.90 Å². The summed E-state index contributed by atoms with van der Waals surface area (Å²) in [5.74, 6) is -0.107. The lowest BCUT2D eigenvalue weighted by molar-refractivity contribution is -0.394. The number of amides is 1. The van der Waals surface area contributed by atoms with Crippen molar-refractivity contribution < 1.29 is 19.4 Å². The van der Waals surface area contributed by atoms with E-state index in [1.165, 1.54) is 11.0 Å². The first kappa shape index (κ1) is 21.1. The van der Waals surface area contributed by atoms with Crippen LogP contribution in [0.3, 0.4) is 0 Å². The molecule has 30 heavy (non-hydrogen) atoms. The molecule has 0 atom stereocenters. The number of nitrogens with zero attached hydrogens (tertiary/aromatic N) is 3. The van der Waals surface area contributed by atoms with Crippen molar-refractivity contribution in [1.29, 1.82) is 0 Å². The number of carbonyl (C=O) groups excluding carboxylic acids is 1. The van der Waals surface area contributed by atoms with E-state index in [2.05, 4.69) is 6.58 Å². The summed E-state index contributed by atoms with van der Waals surface area (Å²) < 4.78 is 6.01. The first-order valence-corrected chi connectivity index (χ1v) is 9.59. The average molecular weight is 443 g/mol. The molecule has 1 aliphatic heterocycles. The van der Waals surface area contributed by atoms with E-state index in [1.54, 1.807) is 36.4 Å². The Morgan fingerprint density at radius 3 is 2.60 bits per heavy atom. The predicted molar refractivity (Wildman–Crippen MR) is 116 cm³/mol. The second-order valence-electron chi connectivity index (χ2n) is 5.92. The van der Waals surface area contributed by atoms with Crippen LogP contribution in [0, 0.1) is 20.2 Å². The number of benzene rings is 2. The number of carbonyl (C=O) groups is 1. The third-order valence-electron chi connectivity index (χ3n) is 3.92. The topological polar surface area (TPSA) is 116 Å². The predicted octanol–water partition coefficient (Wildman–Crippen LogP) is 4.68. The van der Waals surface area contributed by atoms with Gasteiger partial charge in [0.05, 0.1) is 20.8 Å². The maximum Gasteiger partial charge on any atom is 0.318 e. The van der Waals surface area contributed by atoms with E-state index < -0.39 is 21.2 Å². The standard InChI is InChI=1S/C19H13N3O6S2/c1-2-8-20-18(23)17(30-19(20)29)10-12-4-3-5-14(9-12)28-16-7-6-13(21(24)25)11-15(16)22(26)27/h2-7,9-11H,1,8H2/b17-10+. The third kappa shape index (κ3) is 4.53. The van der Waals surface area contributed by atoms with E-state index in [9.17, 15) is 25.0 Å². The molecule has 0 radical (unpaired) electrons. The molecule has 1 aliphatic rings. The van der Waals surface area contributed by atoms with E-state index in [1.807, 2.05) is 0 Å². The molecule has 0 saturated carbocycles. The molecular formula is C19H13N3O6S2. The van der Waals surface area contributed by atoms with Crippen LogP contribution in [-0.4, -0.2) is 31.5 Å². The quantitative estimate of drug-likeness (QED) is 0.199. The maximum atomic E-state index is 12.4. The molecule has 1 saturated heterocycles. The van der Waals surface area contributed by atoms with Crippen LogP contribution in [0.15, 0.2) is 60.0 Å². The van der Waals surface area contributed by atoms with Crippen LogP contribution in [0.2, 0.25) is 0 Å². The number of thioether (sulfide) groups is 1. The number of hydrogen-bond donors (Lipinski definition) is 0. The highest BCUT2D eigenvalue weighted by molar-refractivity contribution is 8.26. The first-order valence-electron chi connectivity index (χ1n) is 8.37. The van der Waals surface area contributed by atoms with E-state index in [0.29, 0.717) is 21.3 Å². The van der Waals surface area contributed by atoms with E-state index in [4.69, 9.17) is 17.0 Å². The van der Waals surface area contributed by atoms with Crippen LogP contribution in [-0.2, 0) is 4.79 Å². The molecule has 0 bridgehead atoms. The van der Waals surface area contributed by atoms with Crippen molar-refractivity contribution in [3.05, 3.63) is 85.8 Å². The number of ether oxygens (including phenoxy) is 1. The monoisotopic (exact) mass is 443 g/mol. The second kappa shape index (κ2) is 8.84. The maximum absolute atomic E-state index is 12.4. The molecule has 3 rings (SSSR count). The van der Waals surface area contributed by atoms with E-state index >= 15 is 0 Å². The molecule has 0 aromatic heterocycles. The number of nitro groups is 2. The summed E-state index contributed by atoms with van der Waals surface area (Å²) in [5, 5.41) is 22.1. The largest absolute Gasteiger partial charge is 0.450 e. The zero-order valence-corrected chi connectivity index (χ0v) is 16.9. The summed E-state index contributed by atoms with van der Waals surface area (Å²) in [7, 11) is 0. The smallest absolute Gasteiger partial charge is 0.318 e. The van der Waals surface area contributed by atoms with E-state index in [-0.39, 0.29) is 17.4 Å². The fourth-order valence-electron chi connectivity index (χ4n) is 2.58. The number of rotatable bonds is 7. The van der Waals surface area contributed by atoms with Gasteiger partial charge in [-0.2, -0.15) is 0 Å². The minimum Gasteiger partial charge on any atom is -0.450 e. The van der Waals surface area contributed by atoms with Gasteiger partial charge in [0.25, 0.3) is 11.6 Å². The Hall–Kier alpha value is -3.57. The SMILES string of the molecule is C=CCN1C(=O)/C(=C\c2cccc(Oc3ccc([N+](=O)[O-])cc3[N+](=O)[O-])c2)SC1=S. The average Bonchev–Trinajstić information content (AvgIpc) is 2.96. The second-order valence-corrected chi connectivity index (χ2v) is 7.60. The summed E-state index contributed by atoms with van der Waals surface area (Å²) in [5.41, 5.74) is -0.319. The fraction of sp³-hybridized carbons (Fsp3) is 0.0526. The Balaban J connectivity index is 1.88. The number of hydrogen-bond acceptors (Lipinski definition) is 8. The summed E-state index contributed by atoms with van der Waals surface area (Å²) >= 11 is 6.36. The summed E-state index contributed by atoms with van der Waals surface area (Å²) in [4.78, 5) is 34.9. The highest BCUT2D eigenvalue weighted by Gasteiger charge is 2.31. The van der Waals surface area contributed by atoms with Crippen molar-refractivity contribution in [3.8, 4) is 11.5 Å². The fourth-order valence-corrected chi connectivity index (χ4v) is 3.86. The lowest BCUT2D eigenvalue weighted by Crippen LogP contribution is -2.27. The molecule has 0 unspecified atom stereocenters. The van der Waals surface area contributed by atoms with Gasteiger partial charge in [0, 0.05) is 12.6 Å². The summed E-state index contributed by atoms with van der Waals surface area (Å²) in [6.07, 6.45) is 3.22. The molecule has 1 amide bonds. The molecule has 0 aliphatic carbocycles. The minimum atomic E-state index is -0.753. The Morgan fingerprint density at radius 1 is 1.17 bits per heavy atom. The Morgan fingerprint density at radius 2 is 1.93 bits per heavy atom. The van der Waals surface area contributed by atoms with E-state index in [0.717, 1.165) is 23.9 Å². The highest BCUT2D eigenvalue weighted by atomic mass is 32.2. The Labute approximate surface area is 179 Å². The summed E-state index contributed by atoms with van der Waals surface area (Å²) in [6, 6.07) is 9.68. The number of thiocarbonyl (C=S) groups is 1. The lowest BCUT2D eigenvalue weighted by atomic mass is 10.2. The number of nitro benzene ring substituents is 2. The lowest BCUT2D eigenvalue weighted by Gasteiger charge is -2.10. The van der Waals surface area contributed by atoms with Crippen LogP contribution < -0.4 is 4.74 Å². The van der Waals surface area contributed by atoms with Gasteiger partial charge in [0.15, 0.2) is 0 Å². The number of non-ortho nitro benzene ring substituents is 1. The zero-order chi connectivity index (χ0) is 21.8. The van der Waals surface area contributed by atoms with Crippen LogP contribution in [0.5, 0.6) is 11.5 Å². The van der Waals surface area contributed by atoms with Crippen molar-refractivity contribution in [2.24, 2.45) is 0 Å². The highest BCUT2D eigenvalue weighted by Crippen LogP contribution is 2.36. The normalized spacial score (nSPS) is 14.8. The minimum absolute atomic E-state index is 0.139. The molecule has 2 aromatic rings. The Kier molecular flexibility index (Phi) is 6.23. The van der Waals surface area contributed by atoms with Crippen molar-refractivity contribution >= 4 is 51.7 Å². The van der Waals surface area contributed by atoms with Gasteiger partial charge in [-0.3, -0.25) is 29.9 Å². The third-order valence-corrected chi connectivity index (χ3v) is 5.30.